The highest BCUT2D eigenvalue weighted by molar-refractivity contribution is 6.38. The molecule has 144 valence electrons. The molecule has 28 heavy (non-hydrogen) atoms. The lowest BCUT2D eigenvalue weighted by atomic mass is 10.1. The van der Waals surface area contributed by atoms with Crippen LogP contribution in [0.15, 0.2) is 48.7 Å². The van der Waals surface area contributed by atoms with Crippen LogP contribution in [0.2, 0.25) is 0 Å². The fourth-order valence-corrected chi connectivity index (χ4v) is 2.91. The Balaban J connectivity index is 2.17. The number of aromatic nitrogens is 1. The van der Waals surface area contributed by atoms with E-state index in [0.29, 0.717) is 22.7 Å². The molecule has 1 aromatic heterocycles. The van der Waals surface area contributed by atoms with Gasteiger partial charge in [-0.15, -0.1) is 0 Å². The molecule has 2 aromatic carbocycles. The Kier molecular flexibility index (Phi) is 5.12. The highest BCUT2D eigenvalue weighted by Gasteiger charge is 2.19. The van der Waals surface area contributed by atoms with E-state index in [1.807, 2.05) is 0 Å². The number of benzene rings is 2. The number of carbonyl (C=O) groups excluding carboxylic acids is 1. The smallest absolute Gasteiger partial charge is 0.376 e. The van der Waals surface area contributed by atoms with Crippen molar-refractivity contribution < 1.29 is 33.3 Å². The highest BCUT2D eigenvalue weighted by Crippen LogP contribution is 2.34. The molecular formula is C20H15F2NO5. The molecule has 0 aliphatic heterocycles. The van der Waals surface area contributed by atoms with Gasteiger partial charge in [0.05, 0.1) is 24.6 Å². The lowest BCUT2D eigenvalue weighted by Crippen LogP contribution is -2.09. The molecule has 3 rings (SSSR count). The minimum absolute atomic E-state index is 0.00986. The average Bonchev–Trinajstić information content (AvgIpc) is 3.02. The second-order valence-corrected chi connectivity index (χ2v) is 5.96. The normalized spacial score (nSPS) is 11.6. The third-order valence-corrected chi connectivity index (χ3v) is 4.20. The number of carbonyl (C=O) groups is 2. The zero-order valence-corrected chi connectivity index (χ0v) is 14.6. The molecule has 6 nitrogen and oxygen atoms in total. The molecule has 0 spiro atoms. The molecule has 8 heteroatoms. The number of aliphatic hydroxyl groups is 1. The second-order valence-electron chi connectivity index (χ2n) is 5.96. The Hall–Kier alpha value is -3.68. The number of fused-ring (bicyclic) bond motifs is 1. The molecule has 0 unspecified atom stereocenters. The minimum Gasteiger partial charge on any atom is -0.507 e. The molecule has 0 bridgehead atoms. The number of hydrogen-bond donors (Lipinski definition) is 2. The summed E-state index contributed by atoms with van der Waals surface area (Å²) in [7, 11) is 1.42. The molecule has 0 amide bonds. The minimum atomic E-state index is -1.71. The average molecular weight is 387 g/mol. The number of aliphatic carboxylic acids is 1. The third-order valence-electron chi connectivity index (χ3n) is 4.20. The van der Waals surface area contributed by atoms with Crippen LogP contribution in [0.25, 0.3) is 16.7 Å². The number of carboxylic acids is 1. The summed E-state index contributed by atoms with van der Waals surface area (Å²) >= 11 is 0. The lowest BCUT2D eigenvalue weighted by molar-refractivity contribution is -0.146. The Morgan fingerprint density at radius 3 is 2.57 bits per heavy atom. The molecule has 2 N–H and O–H groups in total. The van der Waals surface area contributed by atoms with E-state index in [4.69, 9.17) is 9.84 Å². The van der Waals surface area contributed by atoms with E-state index in [0.717, 1.165) is 12.1 Å². The van der Waals surface area contributed by atoms with Crippen molar-refractivity contribution in [1.29, 1.82) is 0 Å². The summed E-state index contributed by atoms with van der Waals surface area (Å²) in [5.41, 5.74) is 0.892. The summed E-state index contributed by atoms with van der Waals surface area (Å²) in [6, 6.07) is 8.21. The van der Waals surface area contributed by atoms with Gasteiger partial charge in [-0.2, -0.15) is 0 Å². The van der Waals surface area contributed by atoms with Crippen molar-refractivity contribution in [2.75, 3.05) is 7.11 Å². The van der Waals surface area contributed by atoms with Gasteiger partial charge in [-0.05, 0) is 18.2 Å². The molecule has 1 heterocycles. The van der Waals surface area contributed by atoms with E-state index in [1.54, 1.807) is 22.8 Å². The van der Waals surface area contributed by atoms with Crippen LogP contribution in [0.5, 0.6) is 5.75 Å². The van der Waals surface area contributed by atoms with Crippen molar-refractivity contribution in [3.8, 4) is 5.75 Å². The number of ether oxygens (including phenoxy) is 1. The van der Waals surface area contributed by atoms with Crippen LogP contribution in [0, 0.1) is 11.6 Å². The van der Waals surface area contributed by atoms with E-state index in [2.05, 4.69) is 0 Å². The van der Waals surface area contributed by atoms with E-state index >= 15 is 0 Å². The number of halogens is 2. The number of hydrogen-bond acceptors (Lipinski definition) is 4. The summed E-state index contributed by atoms with van der Waals surface area (Å²) in [4.78, 5) is 22.2. The quantitative estimate of drug-likeness (QED) is 0.384. The second kappa shape index (κ2) is 7.51. The summed E-state index contributed by atoms with van der Waals surface area (Å²) in [6.45, 7) is 0.00986. The maximum absolute atomic E-state index is 14.1. The molecule has 0 aliphatic carbocycles. The number of rotatable bonds is 6. The maximum Gasteiger partial charge on any atom is 0.376 e. The van der Waals surface area contributed by atoms with Gasteiger partial charge in [-0.25, -0.2) is 13.6 Å². The molecule has 0 radical (unpaired) electrons. The van der Waals surface area contributed by atoms with Gasteiger partial charge in [0.2, 0.25) is 0 Å². The Morgan fingerprint density at radius 2 is 1.93 bits per heavy atom. The number of methoxy groups -OCH3 is 1. The van der Waals surface area contributed by atoms with Gasteiger partial charge in [0.15, 0.2) is 0 Å². The van der Waals surface area contributed by atoms with Gasteiger partial charge in [-0.3, -0.25) is 4.79 Å². The van der Waals surface area contributed by atoms with Crippen molar-refractivity contribution in [2.24, 2.45) is 0 Å². The predicted molar refractivity (Wildman–Crippen MR) is 97.2 cm³/mol. The predicted octanol–water partition coefficient (Wildman–Crippen LogP) is 3.53. The molecule has 0 atom stereocenters. The van der Waals surface area contributed by atoms with Crippen LogP contribution in [-0.4, -0.2) is 33.6 Å². The molecule has 0 saturated heterocycles. The van der Waals surface area contributed by atoms with Crippen LogP contribution in [-0.2, 0) is 16.1 Å². The first kappa shape index (κ1) is 19.1. The van der Waals surface area contributed by atoms with Crippen molar-refractivity contribution in [3.05, 3.63) is 71.4 Å². The Labute approximate surface area is 157 Å². The summed E-state index contributed by atoms with van der Waals surface area (Å²) in [6.07, 6.45) is 2.03. The third kappa shape index (κ3) is 3.57. The summed E-state index contributed by atoms with van der Waals surface area (Å²) in [5, 5.41) is 19.5. The summed E-state index contributed by atoms with van der Waals surface area (Å²) in [5.74, 6) is -4.64. The van der Waals surface area contributed by atoms with E-state index < -0.39 is 29.1 Å². The van der Waals surface area contributed by atoms with Gasteiger partial charge < -0.3 is 19.5 Å². The van der Waals surface area contributed by atoms with Gasteiger partial charge in [0.1, 0.15) is 23.1 Å². The SMILES string of the molecule is COc1cccc2c1c(/C(O)=C\C(=O)C(=O)O)cn2Cc1ccc(F)cc1F. The van der Waals surface area contributed by atoms with E-state index in [-0.39, 0.29) is 17.7 Å². The zero-order valence-electron chi connectivity index (χ0n) is 14.6. The van der Waals surface area contributed by atoms with Gasteiger partial charge >= 0.3 is 5.97 Å². The van der Waals surface area contributed by atoms with E-state index in [1.165, 1.54) is 19.4 Å². The number of carboxylic acid groups (broad SMARTS) is 1. The molecule has 0 saturated carbocycles. The van der Waals surface area contributed by atoms with Crippen LogP contribution in [0.4, 0.5) is 8.78 Å². The first-order chi connectivity index (χ1) is 13.3. The molecular weight excluding hydrogens is 372 g/mol. The van der Waals surface area contributed by atoms with Crippen molar-refractivity contribution in [2.45, 2.75) is 6.54 Å². The van der Waals surface area contributed by atoms with E-state index in [9.17, 15) is 23.5 Å². The largest absolute Gasteiger partial charge is 0.507 e. The van der Waals surface area contributed by atoms with Gasteiger partial charge in [0, 0.05) is 29.5 Å². The first-order valence-corrected chi connectivity index (χ1v) is 8.10. The highest BCUT2D eigenvalue weighted by atomic mass is 19.1. The maximum atomic E-state index is 14.1. The summed E-state index contributed by atoms with van der Waals surface area (Å²) < 4.78 is 34.1. The number of aliphatic hydroxyl groups excluding tert-OH is 1. The fraction of sp³-hybridized carbons (Fsp3) is 0.100. The van der Waals surface area contributed by atoms with Crippen LogP contribution >= 0.6 is 0 Å². The Bertz CT molecular complexity index is 1120. The van der Waals surface area contributed by atoms with Gasteiger partial charge in [-0.1, -0.05) is 12.1 Å². The van der Waals surface area contributed by atoms with Crippen molar-refractivity contribution in [3.63, 3.8) is 0 Å². The number of ketones is 1. The van der Waals surface area contributed by atoms with Crippen LogP contribution in [0.1, 0.15) is 11.1 Å². The topological polar surface area (TPSA) is 88.8 Å². The molecule has 0 fully saturated rings. The van der Waals surface area contributed by atoms with Crippen molar-refractivity contribution in [1.82, 2.24) is 4.57 Å². The molecule has 3 aromatic rings. The fourth-order valence-electron chi connectivity index (χ4n) is 2.91. The Morgan fingerprint density at radius 1 is 1.18 bits per heavy atom. The standard InChI is InChI=1S/C20H15F2NO5/c1-28-18-4-2-3-15-19(18)13(16(24)8-17(25)20(26)27)10-23(15)9-11-5-6-12(21)7-14(11)22/h2-8,10,24H,9H2,1H3,(H,26,27)/b16-8+. The monoisotopic (exact) mass is 387 g/mol. The zero-order chi connectivity index (χ0) is 20.4. The first-order valence-electron chi connectivity index (χ1n) is 8.10. The number of nitrogens with zero attached hydrogens (tertiary/aromatic N) is 1. The van der Waals surface area contributed by atoms with Crippen LogP contribution < -0.4 is 4.74 Å². The van der Waals surface area contributed by atoms with Crippen molar-refractivity contribution >= 4 is 28.4 Å². The lowest BCUT2D eigenvalue weighted by Gasteiger charge is -2.08. The van der Waals surface area contributed by atoms with Crippen LogP contribution in [0.3, 0.4) is 0 Å². The molecule has 0 aliphatic rings. The van der Waals surface area contributed by atoms with Gasteiger partial charge in [0.25, 0.3) is 5.78 Å².